The highest BCUT2D eigenvalue weighted by atomic mass is 16.5. The Hall–Kier alpha value is -7.14. The zero-order valence-corrected chi connectivity index (χ0v) is 46.5. The van der Waals surface area contributed by atoms with Crippen molar-refractivity contribution in [1.82, 2.24) is 42.5 Å². The summed E-state index contributed by atoms with van der Waals surface area (Å²) in [6.07, 6.45) is 6.52. The first-order valence-electron chi connectivity index (χ1n) is 27.6. The zero-order valence-electron chi connectivity index (χ0n) is 46.5. The van der Waals surface area contributed by atoms with Crippen molar-refractivity contribution in [3.8, 4) is 11.5 Å². The number of unbranched alkanes of at least 4 members (excludes halogenated alkanes) is 7. The Morgan fingerprint density at radius 3 is 2.20 bits per heavy atom. The van der Waals surface area contributed by atoms with Gasteiger partial charge in [0.25, 0.3) is 0 Å². The Kier molecular flexibility index (Phi) is 23.2. The Bertz CT molecular complexity index is 2550. The SMILES string of the molecule is CCCCCCCCCCC(=O)NC(C)C(=O)NC1CC(C)Cc2cc(cc3c2OC2Nc4c(OC(C)(CC)C(NC)C(=O)O)cccc4[C@@]32CC(NC(=O)CC)C(=O)NCC(=O)NCC=O)C(O)C(C(=O)NCC=O)NC1=O. The number of aliphatic hydroxyl groups is 1. The quantitative estimate of drug-likeness (QED) is 0.0394. The Morgan fingerprint density at radius 2 is 1.56 bits per heavy atom. The number of hydrogen-bond donors (Lipinski definition) is 11. The number of aliphatic hydroxyl groups excluding tert-OH is 1. The number of nitrogens with one attached hydrogen (secondary N) is 9. The second-order valence-electron chi connectivity index (χ2n) is 21.0. The molecular weight excluding hydrogens is 1020 g/mol. The predicted molar refractivity (Wildman–Crippen MR) is 291 cm³/mol. The molecule has 2 aromatic rings. The van der Waals surface area contributed by atoms with Gasteiger partial charge in [-0.3, -0.25) is 38.4 Å². The van der Waals surface area contributed by atoms with E-state index >= 15 is 0 Å². The van der Waals surface area contributed by atoms with Crippen LogP contribution in [0.3, 0.4) is 0 Å². The van der Waals surface area contributed by atoms with E-state index in [2.05, 4.69) is 54.8 Å². The van der Waals surface area contributed by atoms with Crippen molar-refractivity contribution >= 4 is 65.6 Å². The van der Waals surface area contributed by atoms with Crippen molar-refractivity contribution in [2.45, 2.75) is 185 Å². The normalized spacial score (nSPS) is 21.8. The summed E-state index contributed by atoms with van der Waals surface area (Å²) in [6, 6.07) is 1.56. The van der Waals surface area contributed by atoms with Gasteiger partial charge < -0.3 is 77.1 Å². The molecule has 9 unspecified atom stereocenters. The molecule has 0 saturated heterocycles. The van der Waals surface area contributed by atoms with Crippen LogP contribution in [0.25, 0.3) is 0 Å². The van der Waals surface area contributed by atoms with E-state index in [1.165, 1.54) is 26.8 Å². The number of aliphatic carboxylic acids is 1. The third kappa shape index (κ3) is 15.6. The number of likely N-dealkylation sites (N-methyl/N-ethyl adjacent to an activating group) is 1. The number of carbonyl (C=O) groups excluding carboxylic acids is 9. The Labute approximate surface area is 461 Å². The number of para-hydroxylation sites is 1. The van der Waals surface area contributed by atoms with E-state index in [4.69, 9.17) is 9.47 Å². The molecule has 0 aromatic heterocycles. The molecule has 10 atom stereocenters. The Morgan fingerprint density at radius 1 is 0.873 bits per heavy atom. The van der Waals surface area contributed by atoms with Gasteiger partial charge >= 0.3 is 5.97 Å². The highest BCUT2D eigenvalue weighted by molar-refractivity contribution is 5.95. The number of hydrogen-bond acceptors (Lipinski definition) is 15. The highest BCUT2D eigenvalue weighted by Crippen LogP contribution is 2.60. The molecule has 3 aliphatic rings. The maximum absolute atomic E-state index is 14.4. The summed E-state index contributed by atoms with van der Waals surface area (Å²) in [6.45, 7) is 9.16. The third-order valence-electron chi connectivity index (χ3n) is 15.1. The molecule has 0 spiro atoms. The van der Waals surface area contributed by atoms with E-state index < -0.39 is 114 Å². The summed E-state index contributed by atoms with van der Waals surface area (Å²) in [5.41, 5.74) is -1.10. The van der Waals surface area contributed by atoms with Crippen LogP contribution in [0.5, 0.6) is 11.5 Å². The minimum Gasteiger partial charge on any atom is -0.483 e. The first-order chi connectivity index (χ1) is 37.7. The Balaban J connectivity index is 1.61. The van der Waals surface area contributed by atoms with Crippen LogP contribution >= 0.6 is 0 Å². The summed E-state index contributed by atoms with van der Waals surface area (Å²) in [4.78, 5) is 131. The van der Waals surface area contributed by atoms with Crippen LogP contribution in [0.4, 0.5) is 5.69 Å². The van der Waals surface area contributed by atoms with Crippen molar-refractivity contribution in [1.29, 1.82) is 0 Å². The summed E-state index contributed by atoms with van der Waals surface area (Å²) < 4.78 is 13.6. The van der Waals surface area contributed by atoms with E-state index in [9.17, 15) is 58.2 Å². The van der Waals surface area contributed by atoms with Crippen molar-refractivity contribution in [2.24, 2.45) is 5.92 Å². The van der Waals surface area contributed by atoms with Gasteiger partial charge in [-0.2, -0.15) is 0 Å². The topological polar surface area (TPSA) is 338 Å². The van der Waals surface area contributed by atoms with Crippen molar-refractivity contribution in [3.05, 3.63) is 52.6 Å². The minimum absolute atomic E-state index is 0.0174. The predicted octanol–water partition coefficient (Wildman–Crippen LogP) is 1.99. The number of rotatable bonds is 30. The molecule has 5 rings (SSSR count). The van der Waals surface area contributed by atoms with Crippen LogP contribution in [0.2, 0.25) is 0 Å². The largest absolute Gasteiger partial charge is 0.483 e. The smallest absolute Gasteiger partial charge is 0.324 e. The van der Waals surface area contributed by atoms with E-state index in [0.717, 1.165) is 32.1 Å². The van der Waals surface area contributed by atoms with Gasteiger partial charge in [0.1, 0.15) is 66.0 Å². The molecule has 434 valence electrons. The summed E-state index contributed by atoms with van der Waals surface area (Å²) in [5, 5.41) is 47.2. The van der Waals surface area contributed by atoms with Crippen molar-refractivity contribution < 1.29 is 67.6 Å². The average Bonchev–Trinajstić information content (AvgIpc) is 4.04. The van der Waals surface area contributed by atoms with E-state index in [-0.39, 0.29) is 62.3 Å². The number of carboxylic acids is 1. The number of carbonyl (C=O) groups is 10. The molecule has 3 heterocycles. The number of ether oxygens (including phenoxy) is 2. The van der Waals surface area contributed by atoms with E-state index in [1.807, 2.05) is 6.92 Å². The number of fused-ring (bicyclic) bond motifs is 8. The monoisotopic (exact) mass is 1100 g/mol. The molecule has 23 heteroatoms. The lowest BCUT2D eigenvalue weighted by Gasteiger charge is -2.35. The van der Waals surface area contributed by atoms with Crippen LogP contribution in [-0.4, -0.2) is 139 Å². The standard InChI is InChI=1S/C56H81N9O14/c1-8-11-12-13-14-15-16-17-21-42(69)61-33(5)49(72)63-38-27-32(4)26-35-28-34(46(71)45(64-51(38)74)52(75)59-23-25-67)29-37-47(35)78-54-56(37,30-39(62-41(68)9-2)50(73)60-31-43(70)58-22-24-66)36-19-18-20-40(44(36)65-54)79-55(6,10-3)48(57-7)53(76)77/h18-20,24-25,28-29,32-33,38-39,45-46,48,54,57,65,71H,8-17,21-23,26-27,30-31H2,1-7H3,(H,58,70)(H,59,75)(H,60,73)(H,61,69)(H,62,68)(H,63,72)(H,64,74)(H,76,77)/t32?,33?,38?,39?,45?,46?,48?,54?,55?,56-/m0/s1. The molecule has 0 saturated carbocycles. The molecule has 7 amide bonds. The van der Waals surface area contributed by atoms with Gasteiger partial charge in [0, 0.05) is 18.4 Å². The fourth-order valence-electron chi connectivity index (χ4n) is 10.7. The van der Waals surface area contributed by atoms with Crippen LogP contribution in [0.1, 0.15) is 153 Å². The van der Waals surface area contributed by atoms with Gasteiger partial charge in [-0.1, -0.05) is 84.8 Å². The number of amides is 7. The highest BCUT2D eigenvalue weighted by Gasteiger charge is 2.59. The summed E-state index contributed by atoms with van der Waals surface area (Å²) >= 11 is 0. The number of benzene rings is 2. The lowest BCUT2D eigenvalue weighted by Crippen LogP contribution is -2.57. The van der Waals surface area contributed by atoms with Crippen LogP contribution in [-0.2, 0) is 59.8 Å². The molecule has 2 aromatic carbocycles. The number of aldehydes is 2. The molecular formula is C56H81N9O14. The summed E-state index contributed by atoms with van der Waals surface area (Å²) in [7, 11) is 1.50. The fraction of sp³-hybridized carbons (Fsp3) is 0.607. The maximum atomic E-state index is 14.4. The van der Waals surface area contributed by atoms with Gasteiger partial charge in [0.05, 0.1) is 30.7 Å². The molecule has 0 aliphatic carbocycles. The molecule has 23 nitrogen and oxygen atoms in total. The van der Waals surface area contributed by atoms with Crippen molar-refractivity contribution in [3.63, 3.8) is 0 Å². The van der Waals surface area contributed by atoms with Crippen molar-refractivity contribution in [2.75, 3.05) is 32.0 Å². The second-order valence-corrected chi connectivity index (χ2v) is 21.0. The maximum Gasteiger partial charge on any atom is 0.324 e. The first kappa shape index (κ1) is 62.7. The number of anilines is 1. The molecule has 79 heavy (non-hydrogen) atoms. The fourth-order valence-corrected chi connectivity index (χ4v) is 10.7. The van der Waals surface area contributed by atoms with Gasteiger partial charge in [-0.25, -0.2) is 0 Å². The molecule has 0 fully saturated rings. The van der Waals surface area contributed by atoms with Crippen LogP contribution in [0.15, 0.2) is 30.3 Å². The average molecular weight is 1100 g/mol. The number of carboxylic acid groups (broad SMARTS) is 1. The van der Waals surface area contributed by atoms with E-state index in [1.54, 1.807) is 51.1 Å². The van der Waals surface area contributed by atoms with Crippen LogP contribution < -0.4 is 57.3 Å². The van der Waals surface area contributed by atoms with E-state index in [0.29, 0.717) is 47.1 Å². The van der Waals surface area contributed by atoms with Gasteiger partial charge in [-0.05, 0) is 93.8 Å². The molecule has 11 N–H and O–H groups in total. The minimum atomic E-state index is -1.85. The zero-order chi connectivity index (χ0) is 58.0. The summed E-state index contributed by atoms with van der Waals surface area (Å²) in [5.74, 6) is -5.86. The van der Waals surface area contributed by atoms with Gasteiger partial charge in [0.2, 0.25) is 41.4 Å². The van der Waals surface area contributed by atoms with Crippen LogP contribution in [0, 0.1) is 5.92 Å². The molecule has 2 bridgehead atoms. The first-order valence-corrected chi connectivity index (χ1v) is 27.6. The third-order valence-corrected chi connectivity index (χ3v) is 15.1. The molecule has 0 radical (unpaired) electrons. The second kappa shape index (κ2) is 29.2. The van der Waals surface area contributed by atoms with Gasteiger partial charge in [-0.15, -0.1) is 0 Å². The molecule has 3 aliphatic heterocycles. The lowest BCUT2D eigenvalue weighted by atomic mass is 9.70. The van der Waals surface area contributed by atoms with Gasteiger partial charge in [0.15, 0.2) is 6.23 Å². The lowest BCUT2D eigenvalue weighted by molar-refractivity contribution is -0.145.